The Hall–Kier alpha value is -3.18. The zero-order valence-corrected chi connectivity index (χ0v) is 24.7. The van der Waals surface area contributed by atoms with Gasteiger partial charge >= 0.3 is 0 Å². The molecule has 0 radical (unpaired) electrons. The maximum absolute atomic E-state index is 9.94. The van der Waals surface area contributed by atoms with Crippen LogP contribution in [0.1, 0.15) is 74.6 Å². The molecule has 214 valence electrons. The zero-order chi connectivity index (χ0) is 28.1. The van der Waals surface area contributed by atoms with Gasteiger partial charge in [0.1, 0.15) is 23.4 Å². The molecule has 2 aliphatic rings. The minimum absolute atomic E-state index is 0.181. The number of hydrogen-bond acceptors (Lipinski definition) is 5. The van der Waals surface area contributed by atoms with Crippen molar-refractivity contribution in [1.82, 2.24) is 4.90 Å². The summed E-state index contributed by atoms with van der Waals surface area (Å²) in [6.07, 6.45) is 7.20. The number of rotatable bonds is 10. The normalized spacial score (nSPS) is 18.3. The van der Waals surface area contributed by atoms with Crippen molar-refractivity contribution in [2.75, 3.05) is 31.6 Å². The molecule has 3 aromatic carbocycles. The number of methoxy groups -OCH3 is 1. The molecule has 0 bridgehead atoms. The van der Waals surface area contributed by atoms with Crippen molar-refractivity contribution in [1.29, 1.82) is 0 Å². The number of piperidine rings is 1. The summed E-state index contributed by atoms with van der Waals surface area (Å²) in [5, 5.41) is 9.94. The van der Waals surface area contributed by atoms with Gasteiger partial charge in [-0.25, -0.2) is 0 Å². The molecule has 5 rings (SSSR count). The van der Waals surface area contributed by atoms with E-state index in [1.165, 1.54) is 60.3 Å². The Morgan fingerprint density at radius 2 is 1.65 bits per heavy atom. The minimum Gasteiger partial charge on any atom is -0.508 e. The standard InChI is InChI=1S/C35H46N2O3/c1-25(2)37(24-27-8-14-32(15-9-27)40-26(3)23-36-18-6-5-7-19-36)35-22-33(39-4)16-17-34(35)30-11-10-29-21-31(38)13-12-28(29)20-30/h8-9,12-17,21-22,25-26,30,38H,5-7,10-11,18-20,23-24H2,1-4H3. The van der Waals surface area contributed by atoms with Crippen LogP contribution in [0.5, 0.6) is 17.2 Å². The quantitative estimate of drug-likeness (QED) is 0.290. The number of hydrogen-bond donors (Lipinski definition) is 1. The predicted octanol–water partition coefficient (Wildman–Crippen LogP) is 7.34. The first-order valence-electron chi connectivity index (χ1n) is 15.1. The van der Waals surface area contributed by atoms with E-state index in [9.17, 15) is 5.11 Å². The van der Waals surface area contributed by atoms with E-state index in [2.05, 4.69) is 79.1 Å². The van der Waals surface area contributed by atoms with Gasteiger partial charge in [-0.15, -0.1) is 0 Å². The van der Waals surface area contributed by atoms with E-state index in [-0.39, 0.29) is 6.10 Å². The highest BCUT2D eigenvalue weighted by Crippen LogP contribution is 2.40. The summed E-state index contributed by atoms with van der Waals surface area (Å²) in [5.41, 5.74) is 6.51. The number of fused-ring (bicyclic) bond motifs is 1. The molecular formula is C35H46N2O3. The molecule has 3 aromatic rings. The summed E-state index contributed by atoms with van der Waals surface area (Å²) < 4.78 is 12.0. The largest absolute Gasteiger partial charge is 0.508 e. The number of aromatic hydroxyl groups is 1. The molecule has 5 nitrogen and oxygen atoms in total. The van der Waals surface area contributed by atoms with E-state index in [1.807, 2.05) is 12.1 Å². The van der Waals surface area contributed by atoms with Crippen molar-refractivity contribution in [2.45, 2.75) is 83.9 Å². The Balaban J connectivity index is 1.32. The highest BCUT2D eigenvalue weighted by atomic mass is 16.5. The minimum atomic E-state index is 0.181. The van der Waals surface area contributed by atoms with Crippen LogP contribution in [0.25, 0.3) is 0 Å². The first-order chi connectivity index (χ1) is 19.4. The van der Waals surface area contributed by atoms with Crippen molar-refractivity contribution in [3.05, 3.63) is 82.9 Å². The number of likely N-dealkylation sites (tertiary alicyclic amines) is 1. The molecule has 0 aromatic heterocycles. The summed E-state index contributed by atoms with van der Waals surface area (Å²) in [7, 11) is 1.74. The summed E-state index contributed by atoms with van der Waals surface area (Å²) in [6.45, 7) is 10.9. The van der Waals surface area contributed by atoms with Crippen molar-refractivity contribution in [3.63, 3.8) is 0 Å². The van der Waals surface area contributed by atoms with Gasteiger partial charge in [0.2, 0.25) is 0 Å². The van der Waals surface area contributed by atoms with Crippen LogP contribution in [0.15, 0.2) is 60.7 Å². The molecule has 1 saturated heterocycles. The number of ether oxygens (including phenoxy) is 2. The Morgan fingerprint density at radius 1 is 0.900 bits per heavy atom. The Kier molecular flexibility index (Phi) is 9.21. The second-order valence-corrected chi connectivity index (χ2v) is 12.0. The lowest BCUT2D eigenvalue weighted by Gasteiger charge is -2.35. The van der Waals surface area contributed by atoms with E-state index in [1.54, 1.807) is 7.11 Å². The van der Waals surface area contributed by atoms with Crippen LogP contribution in [-0.4, -0.2) is 48.9 Å². The lowest BCUT2D eigenvalue weighted by atomic mass is 9.79. The molecule has 1 N–H and O–H groups in total. The van der Waals surface area contributed by atoms with Crippen LogP contribution >= 0.6 is 0 Å². The lowest BCUT2D eigenvalue weighted by Crippen LogP contribution is -2.37. The van der Waals surface area contributed by atoms with E-state index in [4.69, 9.17) is 9.47 Å². The smallest absolute Gasteiger partial charge is 0.120 e. The number of phenols is 1. The number of aryl methyl sites for hydroxylation is 1. The second-order valence-electron chi connectivity index (χ2n) is 12.0. The van der Waals surface area contributed by atoms with Crippen LogP contribution < -0.4 is 14.4 Å². The number of anilines is 1. The first-order valence-corrected chi connectivity index (χ1v) is 15.1. The fourth-order valence-electron chi connectivity index (χ4n) is 6.44. The molecule has 1 aliphatic carbocycles. The molecule has 0 spiro atoms. The summed E-state index contributed by atoms with van der Waals surface area (Å²) in [6, 6.07) is 21.4. The van der Waals surface area contributed by atoms with E-state index in [0.29, 0.717) is 17.7 Å². The third-order valence-corrected chi connectivity index (χ3v) is 8.61. The van der Waals surface area contributed by atoms with Crippen LogP contribution in [0.4, 0.5) is 5.69 Å². The van der Waals surface area contributed by atoms with Crippen LogP contribution in [0.2, 0.25) is 0 Å². The zero-order valence-electron chi connectivity index (χ0n) is 24.7. The summed E-state index contributed by atoms with van der Waals surface area (Å²) >= 11 is 0. The molecule has 0 saturated carbocycles. The highest BCUT2D eigenvalue weighted by Gasteiger charge is 2.26. The van der Waals surface area contributed by atoms with Gasteiger partial charge in [-0.2, -0.15) is 0 Å². The van der Waals surface area contributed by atoms with Gasteiger partial charge < -0.3 is 19.5 Å². The van der Waals surface area contributed by atoms with E-state index in [0.717, 1.165) is 43.9 Å². The number of benzene rings is 3. The van der Waals surface area contributed by atoms with E-state index < -0.39 is 0 Å². The van der Waals surface area contributed by atoms with Gasteiger partial charge in [0.25, 0.3) is 0 Å². The molecule has 1 aliphatic heterocycles. The van der Waals surface area contributed by atoms with Gasteiger partial charge in [-0.1, -0.05) is 30.7 Å². The molecule has 5 heteroatoms. The molecule has 2 atom stereocenters. The summed E-state index contributed by atoms with van der Waals surface area (Å²) in [4.78, 5) is 5.03. The van der Waals surface area contributed by atoms with Crippen molar-refractivity contribution in [3.8, 4) is 17.2 Å². The Morgan fingerprint density at radius 3 is 2.38 bits per heavy atom. The molecular weight excluding hydrogens is 496 g/mol. The van der Waals surface area contributed by atoms with Crippen molar-refractivity contribution < 1.29 is 14.6 Å². The van der Waals surface area contributed by atoms with Gasteiger partial charge in [-0.05, 0) is 124 Å². The maximum atomic E-state index is 9.94. The van der Waals surface area contributed by atoms with Gasteiger partial charge in [0.05, 0.1) is 7.11 Å². The van der Waals surface area contributed by atoms with Crippen LogP contribution in [-0.2, 0) is 19.4 Å². The average Bonchev–Trinajstić information content (AvgIpc) is 2.96. The van der Waals surface area contributed by atoms with Gasteiger partial charge in [0.15, 0.2) is 0 Å². The Labute approximate surface area is 240 Å². The van der Waals surface area contributed by atoms with E-state index >= 15 is 0 Å². The highest BCUT2D eigenvalue weighted by molar-refractivity contribution is 5.60. The fourth-order valence-corrected chi connectivity index (χ4v) is 6.44. The molecule has 2 unspecified atom stereocenters. The van der Waals surface area contributed by atoms with Crippen molar-refractivity contribution >= 4 is 5.69 Å². The SMILES string of the molecule is COc1ccc(C2CCc3cc(O)ccc3C2)c(N(Cc2ccc(OC(C)CN3CCCCC3)cc2)C(C)C)c1. The third kappa shape index (κ3) is 6.93. The van der Waals surface area contributed by atoms with Crippen molar-refractivity contribution in [2.24, 2.45) is 0 Å². The molecule has 1 heterocycles. The monoisotopic (exact) mass is 542 g/mol. The lowest BCUT2D eigenvalue weighted by molar-refractivity contribution is 0.130. The predicted molar refractivity (Wildman–Crippen MR) is 164 cm³/mol. The molecule has 40 heavy (non-hydrogen) atoms. The van der Waals surface area contributed by atoms with Crippen LogP contribution in [0.3, 0.4) is 0 Å². The summed E-state index contributed by atoms with van der Waals surface area (Å²) in [5.74, 6) is 2.62. The molecule has 0 amide bonds. The average molecular weight is 543 g/mol. The first kappa shape index (κ1) is 28.4. The molecule has 1 fully saturated rings. The van der Waals surface area contributed by atoms with Gasteiger partial charge in [-0.3, -0.25) is 4.90 Å². The number of phenolic OH excluding ortho intramolecular Hbond substituents is 1. The maximum Gasteiger partial charge on any atom is 0.120 e. The third-order valence-electron chi connectivity index (χ3n) is 8.61. The number of nitrogens with zero attached hydrogens (tertiary/aromatic N) is 2. The van der Waals surface area contributed by atoms with Gasteiger partial charge in [0, 0.05) is 30.9 Å². The topological polar surface area (TPSA) is 45.2 Å². The second kappa shape index (κ2) is 13.0. The fraction of sp³-hybridized carbons (Fsp3) is 0.486. The van der Waals surface area contributed by atoms with Crippen LogP contribution in [0, 0.1) is 0 Å². The Bertz CT molecular complexity index is 1250.